The zero-order chi connectivity index (χ0) is 39.5. The third-order valence-corrected chi connectivity index (χ3v) is 10.7. The van der Waals surface area contributed by atoms with E-state index in [1.807, 2.05) is 91.0 Å². The van der Waals surface area contributed by atoms with Crippen LogP contribution in [0.1, 0.15) is 19.2 Å². The van der Waals surface area contributed by atoms with Gasteiger partial charge < -0.3 is 0 Å². The van der Waals surface area contributed by atoms with Crippen molar-refractivity contribution in [2.24, 2.45) is 5.92 Å². The lowest BCUT2D eigenvalue weighted by Gasteiger charge is -2.13. The molecule has 0 radical (unpaired) electrons. The van der Waals surface area contributed by atoms with Gasteiger partial charge in [-0.25, -0.2) is 29.9 Å². The van der Waals surface area contributed by atoms with Crippen molar-refractivity contribution in [3.63, 3.8) is 0 Å². The quantitative estimate of drug-likeness (QED) is 0.154. The molecule has 0 saturated heterocycles. The Balaban J connectivity index is 0.938. The number of allylic oxidation sites excluding steroid dienone is 4. The molecule has 1 aliphatic rings. The van der Waals surface area contributed by atoms with Crippen molar-refractivity contribution in [1.82, 2.24) is 29.9 Å². The zero-order valence-corrected chi connectivity index (χ0v) is 32.4. The van der Waals surface area contributed by atoms with Gasteiger partial charge in [-0.15, -0.1) is 0 Å². The van der Waals surface area contributed by atoms with E-state index < -0.39 is 0 Å². The molecule has 2 aromatic heterocycles. The van der Waals surface area contributed by atoms with Crippen molar-refractivity contribution < 1.29 is 0 Å². The van der Waals surface area contributed by atoms with Gasteiger partial charge in [-0.3, -0.25) is 0 Å². The molecule has 1 atom stereocenters. The topological polar surface area (TPSA) is 77.3 Å². The Labute approximate surface area is 343 Å². The molecule has 0 amide bonds. The van der Waals surface area contributed by atoms with Gasteiger partial charge >= 0.3 is 0 Å². The Kier molecular flexibility index (Phi) is 9.49. The number of benzene rings is 7. The van der Waals surface area contributed by atoms with Crippen LogP contribution in [0.3, 0.4) is 0 Å². The first-order chi connectivity index (χ1) is 29.1. The minimum absolute atomic E-state index is 0.435. The third kappa shape index (κ3) is 7.59. The maximum atomic E-state index is 4.97. The van der Waals surface area contributed by atoms with Crippen LogP contribution in [-0.2, 0) is 0 Å². The predicted octanol–water partition coefficient (Wildman–Crippen LogP) is 12.9. The summed E-state index contributed by atoms with van der Waals surface area (Å²) in [4.78, 5) is 29.5. The summed E-state index contributed by atoms with van der Waals surface area (Å²) in [6, 6.07) is 60.5. The van der Waals surface area contributed by atoms with E-state index in [9.17, 15) is 0 Å². The molecule has 6 heteroatoms. The summed E-state index contributed by atoms with van der Waals surface area (Å²) >= 11 is 0. The molecule has 9 aromatic rings. The van der Waals surface area contributed by atoms with Crippen molar-refractivity contribution in [1.29, 1.82) is 0 Å². The van der Waals surface area contributed by atoms with Gasteiger partial charge in [0.05, 0.1) is 0 Å². The van der Waals surface area contributed by atoms with E-state index >= 15 is 0 Å². The molecule has 0 saturated carbocycles. The number of nitrogens with zero attached hydrogens (tertiary/aromatic N) is 6. The largest absolute Gasteiger partial charge is 0.208 e. The zero-order valence-electron chi connectivity index (χ0n) is 32.4. The third-order valence-electron chi connectivity index (χ3n) is 10.7. The molecule has 7 aromatic carbocycles. The molecule has 1 unspecified atom stereocenters. The molecule has 0 aliphatic heterocycles. The lowest BCUT2D eigenvalue weighted by atomic mass is 9.96. The van der Waals surface area contributed by atoms with Gasteiger partial charge in [-0.2, -0.15) is 0 Å². The van der Waals surface area contributed by atoms with Gasteiger partial charge in [0.2, 0.25) is 0 Å². The highest BCUT2D eigenvalue weighted by Crippen LogP contribution is 2.33. The van der Waals surface area contributed by atoms with Gasteiger partial charge in [-0.05, 0) is 57.5 Å². The van der Waals surface area contributed by atoms with Gasteiger partial charge in [0.1, 0.15) is 0 Å². The smallest absolute Gasteiger partial charge is 0.164 e. The molecule has 6 nitrogen and oxygen atoms in total. The first kappa shape index (κ1) is 35.7. The fraction of sp³-hybridized carbons (Fsp3) is 0.0566. The van der Waals surface area contributed by atoms with Crippen LogP contribution in [0.5, 0.6) is 0 Å². The highest BCUT2D eigenvalue weighted by atomic mass is 15.0. The Morgan fingerprint density at radius 1 is 0.339 bits per heavy atom. The lowest BCUT2D eigenvalue weighted by Crippen LogP contribution is -2.04. The van der Waals surface area contributed by atoms with Gasteiger partial charge in [0, 0.05) is 33.4 Å². The minimum atomic E-state index is 0.435. The van der Waals surface area contributed by atoms with E-state index in [4.69, 9.17) is 29.9 Å². The molecule has 0 N–H and O–H groups in total. The van der Waals surface area contributed by atoms with Crippen molar-refractivity contribution in [2.45, 2.75) is 13.3 Å². The van der Waals surface area contributed by atoms with Crippen LogP contribution in [0.15, 0.2) is 194 Å². The maximum Gasteiger partial charge on any atom is 0.164 e. The van der Waals surface area contributed by atoms with Gasteiger partial charge in [0.25, 0.3) is 0 Å². The molecule has 0 bridgehead atoms. The molecule has 0 spiro atoms. The Morgan fingerprint density at radius 2 is 0.678 bits per heavy atom. The van der Waals surface area contributed by atoms with E-state index in [2.05, 4.69) is 110 Å². The summed E-state index contributed by atoms with van der Waals surface area (Å²) in [7, 11) is 0. The van der Waals surface area contributed by atoms with E-state index in [1.165, 1.54) is 10.8 Å². The molecule has 59 heavy (non-hydrogen) atoms. The second-order valence-electron chi connectivity index (χ2n) is 14.9. The second-order valence-corrected chi connectivity index (χ2v) is 14.9. The maximum absolute atomic E-state index is 4.97. The summed E-state index contributed by atoms with van der Waals surface area (Å²) in [5, 5.41) is 2.35. The van der Waals surface area contributed by atoms with Crippen molar-refractivity contribution in [2.75, 3.05) is 0 Å². The fourth-order valence-electron chi connectivity index (χ4n) is 7.51. The number of aromatic nitrogens is 6. The number of hydrogen-bond acceptors (Lipinski definition) is 6. The average molecular weight is 759 g/mol. The van der Waals surface area contributed by atoms with E-state index in [1.54, 1.807) is 0 Å². The first-order valence-electron chi connectivity index (χ1n) is 19.9. The Morgan fingerprint density at radius 3 is 1.07 bits per heavy atom. The van der Waals surface area contributed by atoms with Crippen molar-refractivity contribution in [3.8, 4) is 79.2 Å². The standard InChI is InChI=1S/C53H38N6/c1-35-12-11-19-46(32-35)53-58-50(41-17-9-4-10-18-41)57-52(59-53)43-28-22-37(23-29-43)45-31-25-38-24-30-44(33-47(38)34-45)36-20-26-42(27-21-36)51-55-48(39-13-5-2-6-14-39)54-49(56-51)40-15-7-3-8-16-40/h2-11,13-35H,12H2,1H3. The fourth-order valence-corrected chi connectivity index (χ4v) is 7.51. The van der Waals surface area contributed by atoms with Crippen molar-refractivity contribution in [3.05, 3.63) is 200 Å². The monoisotopic (exact) mass is 758 g/mol. The molecule has 2 heterocycles. The van der Waals surface area contributed by atoms with E-state index in [0.717, 1.165) is 62.1 Å². The van der Waals surface area contributed by atoms with Crippen LogP contribution >= 0.6 is 0 Å². The first-order valence-corrected chi connectivity index (χ1v) is 19.9. The SMILES string of the molecule is CC1C=C(c2nc(-c3ccccc3)nc(-c3ccc(-c4ccc5ccc(-c6ccc(-c7nc(-c8ccccc8)nc(-c8ccccc8)n7)cc6)cc5c4)cc3)n2)C=CC1. The highest BCUT2D eigenvalue weighted by Gasteiger charge is 2.16. The van der Waals surface area contributed by atoms with Crippen LogP contribution in [0, 0.1) is 5.92 Å². The molecule has 1 aliphatic carbocycles. The summed E-state index contributed by atoms with van der Waals surface area (Å²) in [6.45, 7) is 2.22. The Hall–Kier alpha value is -7.70. The molecular formula is C53H38N6. The summed E-state index contributed by atoms with van der Waals surface area (Å²) in [5.41, 5.74) is 10.3. The van der Waals surface area contributed by atoms with Crippen LogP contribution in [-0.4, -0.2) is 29.9 Å². The molecule has 0 fully saturated rings. The van der Waals surface area contributed by atoms with Gasteiger partial charge in [-0.1, -0.05) is 189 Å². The predicted molar refractivity (Wildman–Crippen MR) is 240 cm³/mol. The molecule has 280 valence electrons. The van der Waals surface area contributed by atoms with Crippen LogP contribution in [0.4, 0.5) is 0 Å². The summed E-state index contributed by atoms with van der Waals surface area (Å²) in [6.07, 6.45) is 7.59. The molecular weight excluding hydrogens is 721 g/mol. The van der Waals surface area contributed by atoms with Crippen LogP contribution in [0.25, 0.3) is 95.5 Å². The van der Waals surface area contributed by atoms with Crippen molar-refractivity contribution >= 4 is 16.3 Å². The second kappa shape index (κ2) is 15.7. The van der Waals surface area contributed by atoms with E-state index in [-0.39, 0.29) is 0 Å². The van der Waals surface area contributed by atoms with Gasteiger partial charge in [0.15, 0.2) is 34.9 Å². The molecule has 10 rings (SSSR count). The normalized spacial score (nSPS) is 13.6. The van der Waals surface area contributed by atoms with E-state index in [0.29, 0.717) is 40.9 Å². The highest BCUT2D eigenvalue weighted by molar-refractivity contribution is 5.91. The minimum Gasteiger partial charge on any atom is -0.208 e. The number of fused-ring (bicyclic) bond motifs is 1. The number of hydrogen-bond donors (Lipinski definition) is 0. The Bertz CT molecular complexity index is 2940. The summed E-state index contributed by atoms with van der Waals surface area (Å²) < 4.78 is 0. The van der Waals surface area contributed by atoms with Crippen LogP contribution in [0.2, 0.25) is 0 Å². The average Bonchev–Trinajstić information content (AvgIpc) is 3.32. The van der Waals surface area contributed by atoms with Crippen LogP contribution < -0.4 is 0 Å². The summed E-state index contributed by atoms with van der Waals surface area (Å²) in [5.74, 6) is 4.39. The lowest BCUT2D eigenvalue weighted by molar-refractivity contribution is 0.738. The number of rotatable bonds is 8.